The number of nitrogens with one attached hydrogen (secondary N) is 2. The number of benzene rings is 1. The Labute approximate surface area is 175 Å². The van der Waals surface area contributed by atoms with E-state index in [2.05, 4.69) is 45.5 Å². The molecule has 1 amide bonds. The van der Waals surface area contributed by atoms with Gasteiger partial charge in [0.1, 0.15) is 5.56 Å². The van der Waals surface area contributed by atoms with E-state index in [1.165, 1.54) is 11.1 Å². The van der Waals surface area contributed by atoms with Gasteiger partial charge in [-0.05, 0) is 29.7 Å². The predicted octanol–water partition coefficient (Wildman–Crippen LogP) is 1.81. The molecular weight excluding hydrogens is 382 g/mol. The number of amides is 1. The van der Waals surface area contributed by atoms with E-state index < -0.39 is 5.91 Å². The second kappa shape index (κ2) is 9.84. The number of H-pyrrole nitrogens is 1. The molecule has 1 aromatic carbocycles. The van der Waals surface area contributed by atoms with Crippen LogP contribution in [0.3, 0.4) is 0 Å². The number of rotatable bonds is 6. The third kappa shape index (κ3) is 5.24. The van der Waals surface area contributed by atoms with Gasteiger partial charge in [0.25, 0.3) is 11.5 Å². The molecular formula is C23H27N3O4. The van der Waals surface area contributed by atoms with Gasteiger partial charge in [-0.2, -0.15) is 0 Å². The van der Waals surface area contributed by atoms with Crippen molar-refractivity contribution in [2.75, 3.05) is 39.5 Å². The van der Waals surface area contributed by atoms with Crippen LogP contribution >= 0.6 is 0 Å². The van der Waals surface area contributed by atoms with Crippen molar-refractivity contribution in [2.45, 2.75) is 19.1 Å². The van der Waals surface area contributed by atoms with Gasteiger partial charge in [-0.15, -0.1) is 0 Å². The lowest BCUT2D eigenvalue weighted by Gasteiger charge is -2.26. The molecule has 4 rings (SSSR count). The Morgan fingerprint density at radius 1 is 1.17 bits per heavy atom. The maximum atomic E-state index is 12.4. The SMILES string of the molecule is O=C(NCC1COCCO1)c1ccc(CN2CC=C(c3ccccc3)CC2)[nH]c1=O. The van der Waals surface area contributed by atoms with Crippen LogP contribution in [0.15, 0.2) is 53.3 Å². The van der Waals surface area contributed by atoms with Crippen LogP contribution in [0.2, 0.25) is 0 Å². The van der Waals surface area contributed by atoms with E-state index in [1.807, 2.05) is 12.1 Å². The smallest absolute Gasteiger partial charge is 0.261 e. The number of ether oxygens (including phenoxy) is 2. The fraction of sp³-hybridized carbons (Fsp3) is 0.391. The Morgan fingerprint density at radius 3 is 2.73 bits per heavy atom. The number of hydrogen-bond donors (Lipinski definition) is 2. The van der Waals surface area contributed by atoms with Crippen LogP contribution in [-0.2, 0) is 16.0 Å². The molecule has 158 valence electrons. The first kappa shape index (κ1) is 20.5. The third-order valence-electron chi connectivity index (χ3n) is 5.42. The summed E-state index contributed by atoms with van der Waals surface area (Å²) in [6.45, 7) is 4.27. The zero-order valence-corrected chi connectivity index (χ0v) is 16.9. The standard InChI is InChI=1S/C23H27N3O4/c27-22(24-14-20-16-29-12-13-30-20)21-7-6-19(25-23(21)28)15-26-10-8-18(9-11-26)17-4-2-1-3-5-17/h1-8,20H,9-16H2,(H,24,27)(H,25,28). The second-order valence-corrected chi connectivity index (χ2v) is 7.58. The predicted molar refractivity (Wildman–Crippen MR) is 114 cm³/mol. The molecule has 1 aromatic heterocycles. The van der Waals surface area contributed by atoms with Crippen molar-refractivity contribution in [2.24, 2.45) is 0 Å². The van der Waals surface area contributed by atoms with Crippen molar-refractivity contribution >= 4 is 11.5 Å². The van der Waals surface area contributed by atoms with Crippen LogP contribution in [0.1, 0.15) is 28.0 Å². The monoisotopic (exact) mass is 409 g/mol. The molecule has 0 radical (unpaired) electrons. The van der Waals surface area contributed by atoms with Crippen LogP contribution in [-0.4, -0.2) is 61.3 Å². The molecule has 7 heteroatoms. The summed E-state index contributed by atoms with van der Waals surface area (Å²) in [5, 5.41) is 2.75. The Kier molecular flexibility index (Phi) is 6.74. The molecule has 7 nitrogen and oxygen atoms in total. The van der Waals surface area contributed by atoms with E-state index in [1.54, 1.807) is 6.07 Å². The average molecular weight is 409 g/mol. The zero-order chi connectivity index (χ0) is 20.8. The third-order valence-corrected chi connectivity index (χ3v) is 5.42. The second-order valence-electron chi connectivity index (χ2n) is 7.58. The fourth-order valence-corrected chi connectivity index (χ4v) is 3.75. The van der Waals surface area contributed by atoms with E-state index in [-0.39, 0.29) is 17.2 Å². The number of aromatic amines is 1. The van der Waals surface area contributed by atoms with Gasteiger partial charge in [0.15, 0.2) is 0 Å². The Balaban J connectivity index is 1.31. The van der Waals surface area contributed by atoms with Gasteiger partial charge in [-0.25, -0.2) is 0 Å². The maximum absolute atomic E-state index is 12.4. The first-order chi connectivity index (χ1) is 14.7. The van der Waals surface area contributed by atoms with Gasteiger partial charge in [0.2, 0.25) is 0 Å². The topological polar surface area (TPSA) is 83.7 Å². The molecule has 1 atom stereocenters. The fourth-order valence-electron chi connectivity index (χ4n) is 3.75. The van der Waals surface area contributed by atoms with Crippen LogP contribution in [0, 0.1) is 0 Å². The van der Waals surface area contributed by atoms with Crippen molar-refractivity contribution in [3.63, 3.8) is 0 Å². The number of nitrogens with zero attached hydrogens (tertiary/aromatic N) is 1. The Morgan fingerprint density at radius 2 is 2.03 bits per heavy atom. The lowest BCUT2D eigenvalue weighted by molar-refractivity contribution is -0.0855. The van der Waals surface area contributed by atoms with E-state index in [9.17, 15) is 9.59 Å². The number of aromatic nitrogens is 1. The van der Waals surface area contributed by atoms with Gasteiger partial charge in [-0.1, -0.05) is 36.4 Å². The highest BCUT2D eigenvalue weighted by molar-refractivity contribution is 5.93. The zero-order valence-electron chi connectivity index (χ0n) is 16.9. The minimum atomic E-state index is -0.398. The minimum Gasteiger partial charge on any atom is -0.376 e. The molecule has 2 aliphatic heterocycles. The van der Waals surface area contributed by atoms with Gasteiger partial charge >= 0.3 is 0 Å². The Bertz CT molecular complexity index is 948. The highest BCUT2D eigenvalue weighted by Gasteiger charge is 2.18. The molecule has 0 saturated carbocycles. The lowest BCUT2D eigenvalue weighted by Crippen LogP contribution is -2.41. The lowest BCUT2D eigenvalue weighted by atomic mass is 9.99. The molecule has 1 unspecified atom stereocenters. The summed E-state index contributed by atoms with van der Waals surface area (Å²) < 4.78 is 10.8. The number of hydrogen-bond acceptors (Lipinski definition) is 5. The van der Waals surface area contributed by atoms with Gasteiger partial charge < -0.3 is 19.8 Å². The van der Waals surface area contributed by atoms with Crippen molar-refractivity contribution < 1.29 is 14.3 Å². The Hall–Kier alpha value is -2.74. The number of carbonyl (C=O) groups excluding carboxylic acids is 1. The molecule has 30 heavy (non-hydrogen) atoms. The molecule has 2 N–H and O–H groups in total. The van der Waals surface area contributed by atoms with Crippen molar-refractivity contribution in [3.8, 4) is 0 Å². The summed E-state index contributed by atoms with van der Waals surface area (Å²) in [7, 11) is 0. The van der Waals surface area contributed by atoms with Crippen LogP contribution in [0.25, 0.3) is 5.57 Å². The number of carbonyl (C=O) groups is 1. The summed E-state index contributed by atoms with van der Waals surface area (Å²) in [4.78, 5) is 29.9. The molecule has 0 spiro atoms. The largest absolute Gasteiger partial charge is 0.376 e. The van der Waals surface area contributed by atoms with Gasteiger partial charge in [0.05, 0.1) is 25.9 Å². The summed E-state index contributed by atoms with van der Waals surface area (Å²) in [6, 6.07) is 13.8. The van der Waals surface area contributed by atoms with E-state index in [4.69, 9.17) is 9.47 Å². The molecule has 1 saturated heterocycles. The highest BCUT2D eigenvalue weighted by atomic mass is 16.6. The summed E-state index contributed by atoms with van der Waals surface area (Å²) in [5.41, 5.74) is 3.17. The van der Waals surface area contributed by atoms with Crippen molar-refractivity contribution in [1.29, 1.82) is 0 Å². The highest BCUT2D eigenvalue weighted by Crippen LogP contribution is 2.22. The number of pyridine rings is 1. The van der Waals surface area contributed by atoms with E-state index >= 15 is 0 Å². The van der Waals surface area contributed by atoms with Crippen LogP contribution in [0.4, 0.5) is 0 Å². The maximum Gasteiger partial charge on any atom is 0.261 e. The molecule has 1 fully saturated rings. The van der Waals surface area contributed by atoms with Crippen molar-refractivity contribution in [1.82, 2.24) is 15.2 Å². The molecule has 3 heterocycles. The minimum absolute atomic E-state index is 0.111. The molecule has 2 aromatic rings. The van der Waals surface area contributed by atoms with E-state index in [0.29, 0.717) is 32.9 Å². The van der Waals surface area contributed by atoms with Gasteiger partial charge in [0, 0.05) is 31.9 Å². The quantitative estimate of drug-likeness (QED) is 0.760. The molecule has 0 aliphatic carbocycles. The molecule has 0 bridgehead atoms. The van der Waals surface area contributed by atoms with Crippen molar-refractivity contribution in [3.05, 3.63) is 75.7 Å². The first-order valence-electron chi connectivity index (χ1n) is 10.4. The van der Waals surface area contributed by atoms with Crippen LogP contribution < -0.4 is 10.9 Å². The van der Waals surface area contributed by atoms with E-state index in [0.717, 1.165) is 25.2 Å². The van der Waals surface area contributed by atoms with Gasteiger partial charge in [-0.3, -0.25) is 14.5 Å². The molecule has 2 aliphatic rings. The van der Waals surface area contributed by atoms with Crippen LogP contribution in [0.5, 0.6) is 0 Å². The normalized spacial score (nSPS) is 19.9. The summed E-state index contributed by atoms with van der Waals surface area (Å²) in [6.07, 6.45) is 3.05. The summed E-state index contributed by atoms with van der Waals surface area (Å²) >= 11 is 0. The summed E-state index contributed by atoms with van der Waals surface area (Å²) in [5.74, 6) is -0.398. The first-order valence-corrected chi connectivity index (χ1v) is 10.4. The average Bonchev–Trinajstić information content (AvgIpc) is 2.79.